The van der Waals surface area contributed by atoms with Crippen LogP contribution >= 0.6 is 0 Å². The average molecular weight is 320 g/mol. The number of anilines is 1. The van der Waals surface area contributed by atoms with Crippen LogP contribution in [-0.2, 0) is 9.53 Å². The minimum Gasteiger partial charge on any atom is -0.465 e. The number of carbonyl (C=O) groups is 2. The van der Waals surface area contributed by atoms with E-state index in [1.54, 1.807) is 4.90 Å². The second-order valence-electron chi connectivity index (χ2n) is 6.48. The maximum Gasteiger partial charge on any atom is 0.340 e. The van der Waals surface area contributed by atoms with Gasteiger partial charge in [-0.15, -0.1) is 0 Å². The number of hydrogen-bond acceptors (Lipinski definition) is 4. The minimum atomic E-state index is -0.746. The molecule has 1 aliphatic heterocycles. The molecule has 5 nitrogen and oxygen atoms in total. The van der Waals surface area contributed by atoms with Gasteiger partial charge in [0.2, 0.25) is 5.91 Å². The lowest BCUT2D eigenvalue weighted by atomic mass is 9.80. The van der Waals surface area contributed by atoms with E-state index < -0.39 is 11.8 Å². The monoisotopic (exact) mass is 320 g/mol. The number of rotatable bonds is 2. The molecule has 1 aliphatic carbocycles. The smallest absolute Gasteiger partial charge is 0.340 e. The predicted molar refractivity (Wildman–Crippen MR) is 83.5 cm³/mol. The number of benzene rings is 1. The van der Waals surface area contributed by atoms with Crippen molar-refractivity contribution < 1.29 is 18.7 Å². The second-order valence-corrected chi connectivity index (χ2v) is 6.48. The van der Waals surface area contributed by atoms with Crippen LogP contribution in [0.15, 0.2) is 12.1 Å². The molecule has 1 saturated carbocycles. The number of carbonyl (C=O) groups excluding carboxylic acids is 2. The fourth-order valence-corrected chi connectivity index (χ4v) is 3.67. The van der Waals surface area contributed by atoms with Gasteiger partial charge in [0.15, 0.2) is 0 Å². The fraction of sp³-hybridized carbons (Fsp3) is 0.529. The molecule has 0 unspecified atom stereocenters. The molecule has 6 heteroatoms. The highest BCUT2D eigenvalue weighted by Crippen LogP contribution is 2.48. The highest BCUT2D eigenvalue weighted by molar-refractivity contribution is 5.96. The first-order valence-corrected chi connectivity index (χ1v) is 7.84. The zero-order chi connectivity index (χ0) is 16.9. The van der Waals surface area contributed by atoms with Crippen LogP contribution < -0.4 is 10.6 Å². The Morgan fingerprint density at radius 1 is 1.35 bits per heavy atom. The van der Waals surface area contributed by atoms with E-state index in [0.29, 0.717) is 17.2 Å². The largest absolute Gasteiger partial charge is 0.465 e. The van der Waals surface area contributed by atoms with Crippen LogP contribution in [0, 0.1) is 17.7 Å². The molecule has 1 amide bonds. The third kappa shape index (κ3) is 2.51. The maximum absolute atomic E-state index is 14.3. The highest BCUT2D eigenvalue weighted by atomic mass is 19.1. The van der Waals surface area contributed by atoms with Gasteiger partial charge in [-0.2, -0.15) is 0 Å². The van der Waals surface area contributed by atoms with Crippen molar-refractivity contribution in [1.82, 2.24) is 0 Å². The van der Waals surface area contributed by atoms with E-state index in [-0.39, 0.29) is 29.5 Å². The van der Waals surface area contributed by atoms with Gasteiger partial charge in [-0.1, -0.05) is 6.92 Å². The molecular formula is C17H21FN2O3. The van der Waals surface area contributed by atoms with E-state index in [1.807, 2.05) is 6.92 Å². The van der Waals surface area contributed by atoms with Gasteiger partial charge in [-0.3, -0.25) is 4.79 Å². The lowest BCUT2D eigenvalue weighted by Gasteiger charge is -2.44. The van der Waals surface area contributed by atoms with Gasteiger partial charge in [-0.05, 0) is 42.4 Å². The molecule has 3 rings (SSSR count). The summed E-state index contributed by atoms with van der Waals surface area (Å²) < 4.78 is 19.0. The lowest BCUT2D eigenvalue weighted by Crippen LogP contribution is -2.51. The number of methoxy groups -OCH3 is 1. The van der Waals surface area contributed by atoms with Crippen molar-refractivity contribution in [2.75, 3.05) is 12.0 Å². The van der Waals surface area contributed by atoms with Crippen molar-refractivity contribution in [2.24, 2.45) is 17.6 Å². The third-order valence-electron chi connectivity index (χ3n) is 4.99. The Labute approximate surface area is 134 Å². The molecule has 0 bridgehead atoms. The summed E-state index contributed by atoms with van der Waals surface area (Å²) in [6, 6.07) is 2.30. The molecule has 3 atom stereocenters. The fourth-order valence-electron chi connectivity index (χ4n) is 3.67. The number of nitrogens with two attached hydrogens (primary N) is 1. The number of hydrogen-bond donors (Lipinski definition) is 1. The van der Waals surface area contributed by atoms with E-state index in [9.17, 15) is 14.0 Å². The van der Waals surface area contributed by atoms with Crippen molar-refractivity contribution in [2.45, 2.75) is 38.8 Å². The summed E-state index contributed by atoms with van der Waals surface area (Å²) >= 11 is 0. The normalized spacial score (nSPS) is 26.7. The Morgan fingerprint density at radius 2 is 2.00 bits per heavy atom. The molecule has 2 N–H and O–H groups in total. The summed E-state index contributed by atoms with van der Waals surface area (Å²) in [6.07, 6.45) is 2.12. The van der Waals surface area contributed by atoms with Gasteiger partial charge in [0.1, 0.15) is 5.82 Å². The Kier molecular flexibility index (Phi) is 3.88. The van der Waals surface area contributed by atoms with E-state index in [4.69, 9.17) is 5.73 Å². The van der Waals surface area contributed by atoms with Gasteiger partial charge in [0, 0.05) is 19.0 Å². The first kappa shape index (κ1) is 15.9. The van der Waals surface area contributed by atoms with Crippen LogP contribution in [0.3, 0.4) is 0 Å². The summed E-state index contributed by atoms with van der Waals surface area (Å²) in [6.45, 7) is 3.49. The zero-order valence-electron chi connectivity index (χ0n) is 13.5. The van der Waals surface area contributed by atoms with Gasteiger partial charge in [-0.25, -0.2) is 9.18 Å². The summed E-state index contributed by atoms with van der Waals surface area (Å²) in [5, 5.41) is 0. The molecule has 1 aromatic carbocycles. The van der Waals surface area contributed by atoms with Crippen molar-refractivity contribution in [1.29, 1.82) is 0 Å². The van der Waals surface area contributed by atoms with Crippen molar-refractivity contribution >= 4 is 17.6 Å². The number of nitrogens with zero attached hydrogens (tertiary/aromatic N) is 1. The van der Waals surface area contributed by atoms with Crippen LogP contribution in [0.1, 0.15) is 48.7 Å². The van der Waals surface area contributed by atoms with E-state index in [1.165, 1.54) is 26.2 Å². The molecule has 0 saturated heterocycles. The summed E-state index contributed by atoms with van der Waals surface area (Å²) in [7, 11) is 1.20. The Morgan fingerprint density at radius 3 is 2.52 bits per heavy atom. The summed E-state index contributed by atoms with van der Waals surface area (Å²) in [5.41, 5.74) is 7.30. The zero-order valence-corrected chi connectivity index (χ0v) is 13.5. The van der Waals surface area contributed by atoms with Crippen molar-refractivity contribution in [3.05, 3.63) is 29.1 Å². The van der Waals surface area contributed by atoms with Crippen LogP contribution in [0.2, 0.25) is 0 Å². The molecule has 0 spiro atoms. The topological polar surface area (TPSA) is 72.6 Å². The Bertz CT molecular complexity index is 672. The second kappa shape index (κ2) is 5.60. The van der Waals surface area contributed by atoms with Crippen LogP contribution in [0.5, 0.6) is 0 Å². The van der Waals surface area contributed by atoms with Crippen LogP contribution in [-0.4, -0.2) is 25.0 Å². The summed E-state index contributed by atoms with van der Waals surface area (Å²) in [4.78, 5) is 25.6. The molecule has 1 aromatic rings. The number of fused-ring (bicyclic) bond motifs is 1. The molecule has 2 aliphatic rings. The van der Waals surface area contributed by atoms with Gasteiger partial charge < -0.3 is 15.4 Å². The van der Waals surface area contributed by atoms with Crippen molar-refractivity contribution in [3.63, 3.8) is 0 Å². The molecular weight excluding hydrogens is 299 g/mol. The molecule has 124 valence electrons. The molecule has 23 heavy (non-hydrogen) atoms. The predicted octanol–water partition coefficient (Wildman–Crippen LogP) is 2.39. The van der Waals surface area contributed by atoms with Crippen LogP contribution in [0.25, 0.3) is 0 Å². The van der Waals surface area contributed by atoms with Gasteiger partial charge in [0.05, 0.1) is 18.4 Å². The molecule has 1 fully saturated rings. The number of halogens is 1. The van der Waals surface area contributed by atoms with Gasteiger partial charge in [0.25, 0.3) is 0 Å². The molecule has 0 radical (unpaired) electrons. The number of ether oxygens (including phenoxy) is 1. The number of amides is 1. The summed E-state index contributed by atoms with van der Waals surface area (Å²) in [5.74, 6) is -1.12. The lowest BCUT2D eigenvalue weighted by molar-refractivity contribution is -0.117. The van der Waals surface area contributed by atoms with E-state index >= 15 is 0 Å². The number of esters is 1. The van der Waals surface area contributed by atoms with Gasteiger partial charge >= 0.3 is 5.97 Å². The minimum absolute atomic E-state index is 0.0154. The average Bonchev–Trinajstić information content (AvgIpc) is 3.33. The molecule has 1 heterocycles. The quantitative estimate of drug-likeness (QED) is 0.849. The van der Waals surface area contributed by atoms with Crippen LogP contribution in [0.4, 0.5) is 10.1 Å². The Hall–Kier alpha value is -1.95. The SMILES string of the molecule is COC(=O)c1cc2c(cc1F)N(C(C)=O)[C@@H](C1CC1)[C@H](C)[C@H]2N. The highest BCUT2D eigenvalue weighted by Gasteiger charge is 2.47. The maximum atomic E-state index is 14.3. The first-order chi connectivity index (χ1) is 10.9. The first-order valence-electron chi connectivity index (χ1n) is 7.84. The molecule has 0 aromatic heterocycles. The van der Waals surface area contributed by atoms with E-state index in [2.05, 4.69) is 4.74 Å². The Balaban J connectivity index is 2.16. The van der Waals surface area contributed by atoms with Crippen molar-refractivity contribution in [3.8, 4) is 0 Å². The standard InChI is InChI=1S/C17H21FN2O3/c1-8-15(19)12-6-11(17(22)23-3)13(18)7-14(12)20(9(2)21)16(8)10-4-5-10/h6-8,10,15-16H,4-5,19H2,1-3H3/t8-,15-,16-/m1/s1. The third-order valence-corrected chi connectivity index (χ3v) is 4.99. The van der Waals surface area contributed by atoms with E-state index in [0.717, 1.165) is 12.8 Å².